The highest BCUT2D eigenvalue weighted by atomic mass is 16.5. The van der Waals surface area contributed by atoms with Crippen LogP contribution in [0, 0.1) is 5.92 Å². The Balaban J connectivity index is 2.27. The molecule has 1 aromatic rings. The zero-order chi connectivity index (χ0) is 14.5. The van der Waals surface area contributed by atoms with Crippen LogP contribution in [0.3, 0.4) is 0 Å². The van der Waals surface area contributed by atoms with Gasteiger partial charge >= 0.3 is 0 Å². The lowest BCUT2D eigenvalue weighted by atomic mass is 10.0. The van der Waals surface area contributed by atoms with E-state index in [2.05, 4.69) is 5.32 Å². The smallest absolute Gasteiger partial charge is 0.203 e. The number of benzene rings is 1. The van der Waals surface area contributed by atoms with Gasteiger partial charge < -0.3 is 24.6 Å². The molecule has 0 aliphatic heterocycles. The molecule has 0 bridgehead atoms. The lowest BCUT2D eigenvalue weighted by Gasteiger charge is -2.22. The molecule has 1 atom stereocenters. The summed E-state index contributed by atoms with van der Waals surface area (Å²) in [6.07, 6.45) is 2.54. The van der Waals surface area contributed by atoms with Crippen molar-refractivity contribution >= 4 is 0 Å². The number of methoxy groups -OCH3 is 3. The molecule has 20 heavy (non-hydrogen) atoms. The van der Waals surface area contributed by atoms with E-state index >= 15 is 0 Å². The van der Waals surface area contributed by atoms with E-state index in [0.717, 1.165) is 18.0 Å². The van der Waals surface area contributed by atoms with E-state index in [9.17, 15) is 5.11 Å². The zero-order valence-corrected chi connectivity index (χ0v) is 12.3. The van der Waals surface area contributed by atoms with Crippen LogP contribution in [0.5, 0.6) is 17.2 Å². The van der Waals surface area contributed by atoms with Crippen LogP contribution in [-0.4, -0.2) is 39.6 Å². The molecule has 1 saturated carbocycles. The predicted octanol–water partition coefficient (Wildman–Crippen LogP) is 1.75. The van der Waals surface area contributed by atoms with Crippen LogP contribution < -0.4 is 19.5 Å². The van der Waals surface area contributed by atoms with Gasteiger partial charge in [-0.1, -0.05) is 0 Å². The van der Waals surface area contributed by atoms with E-state index in [4.69, 9.17) is 14.2 Å². The SMILES string of the molecule is COc1ccc(C(CO)NCC2CC2)c(OC)c1OC. The Labute approximate surface area is 119 Å². The minimum absolute atomic E-state index is 0.0125. The second kappa shape index (κ2) is 6.81. The summed E-state index contributed by atoms with van der Waals surface area (Å²) >= 11 is 0. The van der Waals surface area contributed by atoms with Gasteiger partial charge in [-0.05, 0) is 37.4 Å². The van der Waals surface area contributed by atoms with Crippen molar-refractivity contribution in [2.45, 2.75) is 18.9 Å². The van der Waals surface area contributed by atoms with Gasteiger partial charge in [0.1, 0.15) is 0 Å². The first-order valence-electron chi connectivity index (χ1n) is 6.88. The van der Waals surface area contributed by atoms with Crippen molar-refractivity contribution in [3.63, 3.8) is 0 Å². The molecule has 2 N–H and O–H groups in total. The third kappa shape index (κ3) is 3.16. The number of ether oxygens (including phenoxy) is 3. The monoisotopic (exact) mass is 281 g/mol. The standard InChI is InChI=1S/C15H23NO4/c1-18-13-7-6-11(14(19-2)15(13)20-3)12(9-17)16-8-10-4-5-10/h6-7,10,12,16-17H,4-5,8-9H2,1-3H3. The summed E-state index contributed by atoms with van der Waals surface area (Å²) in [6.45, 7) is 0.932. The average molecular weight is 281 g/mol. The van der Waals surface area contributed by atoms with Gasteiger partial charge in [0.25, 0.3) is 0 Å². The van der Waals surface area contributed by atoms with Crippen LogP contribution in [0.4, 0.5) is 0 Å². The van der Waals surface area contributed by atoms with Crippen molar-refractivity contribution in [3.8, 4) is 17.2 Å². The quantitative estimate of drug-likeness (QED) is 0.760. The summed E-state index contributed by atoms with van der Waals surface area (Å²) in [4.78, 5) is 0. The molecule has 0 amide bonds. The third-order valence-corrected chi connectivity index (χ3v) is 3.64. The van der Waals surface area contributed by atoms with Gasteiger partial charge in [0, 0.05) is 5.56 Å². The van der Waals surface area contributed by atoms with E-state index < -0.39 is 0 Å². The zero-order valence-electron chi connectivity index (χ0n) is 12.3. The average Bonchev–Trinajstić information content (AvgIpc) is 3.31. The Bertz CT molecular complexity index is 446. The van der Waals surface area contributed by atoms with Crippen molar-refractivity contribution in [2.75, 3.05) is 34.5 Å². The van der Waals surface area contributed by atoms with E-state index in [-0.39, 0.29) is 12.6 Å². The highest BCUT2D eigenvalue weighted by molar-refractivity contribution is 5.56. The number of aliphatic hydroxyl groups is 1. The van der Waals surface area contributed by atoms with Crippen molar-refractivity contribution in [2.24, 2.45) is 5.92 Å². The minimum atomic E-state index is -0.162. The van der Waals surface area contributed by atoms with Gasteiger partial charge in [-0.25, -0.2) is 0 Å². The summed E-state index contributed by atoms with van der Waals surface area (Å²) in [5, 5.41) is 13.0. The molecule has 1 unspecified atom stereocenters. The minimum Gasteiger partial charge on any atom is -0.493 e. The van der Waals surface area contributed by atoms with Crippen molar-refractivity contribution < 1.29 is 19.3 Å². The molecule has 0 aromatic heterocycles. The first-order valence-corrected chi connectivity index (χ1v) is 6.88. The van der Waals surface area contributed by atoms with Crippen LogP contribution in [0.1, 0.15) is 24.4 Å². The summed E-state index contributed by atoms with van der Waals surface area (Å²) in [7, 11) is 4.76. The van der Waals surface area contributed by atoms with Crippen LogP contribution in [0.2, 0.25) is 0 Å². The first kappa shape index (κ1) is 14.9. The molecule has 112 valence electrons. The molecule has 1 aliphatic carbocycles. The second-order valence-corrected chi connectivity index (χ2v) is 5.01. The fourth-order valence-corrected chi connectivity index (χ4v) is 2.30. The summed E-state index contributed by atoms with van der Waals surface area (Å²) in [5.41, 5.74) is 0.883. The summed E-state index contributed by atoms with van der Waals surface area (Å²) in [5.74, 6) is 2.52. The van der Waals surface area contributed by atoms with Gasteiger partial charge in [-0.2, -0.15) is 0 Å². The molecule has 0 radical (unpaired) electrons. The number of rotatable bonds is 8. The van der Waals surface area contributed by atoms with Crippen molar-refractivity contribution in [1.29, 1.82) is 0 Å². The highest BCUT2D eigenvalue weighted by Crippen LogP contribution is 2.42. The largest absolute Gasteiger partial charge is 0.493 e. The number of nitrogens with one attached hydrogen (secondary N) is 1. The van der Waals surface area contributed by atoms with Crippen molar-refractivity contribution in [3.05, 3.63) is 17.7 Å². The lowest BCUT2D eigenvalue weighted by molar-refractivity contribution is 0.238. The molecule has 1 aliphatic rings. The summed E-state index contributed by atoms with van der Waals surface area (Å²) in [6, 6.07) is 3.57. The van der Waals surface area contributed by atoms with Crippen LogP contribution in [0.15, 0.2) is 12.1 Å². The highest BCUT2D eigenvalue weighted by Gasteiger charge is 2.25. The van der Waals surface area contributed by atoms with E-state index in [1.54, 1.807) is 21.3 Å². The van der Waals surface area contributed by atoms with Crippen LogP contribution in [-0.2, 0) is 0 Å². The Morgan fingerprint density at radius 1 is 1.15 bits per heavy atom. The van der Waals surface area contributed by atoms with Gasteiger partial charge in [0.05, 0.1) is 34.0 Å². The lowest BCUT2D eigenvalue weighted by Crippen LogP contribution is -2.27. The normalized spacial score (nSPS) is 15.8. The maximum absolute atomic E-state index is 9.63. The fraction of sp³-hybridized carbons (Fsp3) is 0.600. The molecular formula is C15H23NO4. The predicted molar refractivity (Wildman–Crippen MR) is 76.7 cm³/mol. The molecule has 5 heteroatoms. The molecule has 0 heterocycles. The van der Waals surface area contributed by atoms with Gasteiger partial charge in [0.2, 0.25) is 5.75 Å². The number of hydrogen-bond acceptors (Lipinski definition) is 5. The maximum atomic E-state index is 9.63. The van der Waals surface area contributed by atoms with Gasteiger partial charge in [0.15, 0.2) is 11.5 Å². The number of hydrogen-bond donors (Lipinski definition) is 2. The third-order valence-electron chi connectivity index (χ3n) is 3.64. The van der Waals surface area contributed by atoms with E-state index in [1.165, 1.54) is 12.8 Å². The molecule has 1 aromatic carbocycles. The van der Waals surface area contributed by atoms with Crippen molar-refractivity contribution in [1.82, 2.24) is 5.32 Å². The second-order valence-electron chi connectivity index (χ2n) is 5.01. The van der Waals surface area contributed by atoms with E-state index in [0.29, 0.717) is 17.2 Å². The fourth-order valence-electron chi connectivity index (χ4n) is 2.30. The Kier molecular flexibility index (Phi) is 5.09. The Morgan fingerprint density at radius 3 is 2.35 bits per heavy atom. The molecule has 2 rings (SSSR count). The van der Waals surface area contributed by atoms with Gasteiger partial charge in [-0.15, -0.1) is 0 Å². The van der Waals surface area contributed by atoms with Crippen LogP contribution in [0.25, 0.3) is 0 Å². The van der Waals surface area contributed by atoms with Crippen LogP contribution >= 0.6 is 0 Å². The Morgan fingerprint density at radius 2 is 1.85 bits per heavy atom. The molecule has 5 nitrogen and oxygen atoms in total. The number of aliphatic hydroxyl groups excluding tert-OH is 1. The topological polar surface area (TPSA) is 60.0 Å². The first-order chi connectivity index (χ1) is 9.74. The van der Waals surface area contributed by atoms with E-state index in [1.807, 2.05) is 12.1 Å². The molecule has 0 spiro atoms. The Hall–Kier alpha value is -1.46. The molecular weight excluding hydrogens is 258 g/mol. The van der Waals surface area contributed by atoms with Gasteiger partial charge in [-0.3, -0.25) is 0 Å². The summed E-state index contributed by atoms with van der Waals surface area (Å²) < 4.78 is 16.1. The molecule has 1 fully saturated rings. The maximum Gasteiger partial charge on any atom is 0.203 e. The molecule has 0 saturated heterocycles.